The number of aromatic amines is 1. The number of aryl methyl sites for hydroxylation is 1. The number of hydrogen-bond donors (Lipinski definition) is 4. The molecule has 0 saturated carbocycles. The predicted molar refractivity (Wildman–Crippen MR) is 108 cm³/mol. The Hall–Kier alpha value is -2.60. The van der Waals surface area contributed by atoms with Gasteiger partial charge >= 0.3 is 0 Å². The number of furan rings is 1. The van der Waals surface area contributed by atoms with Crippen LogP contribution < -0.4 is 16.2 Å². The van der Waals surface area contributed by atoms with E-state index >= 15 is 0 Å². The lowest BCUT2D eigenvalue weighted by atomic mass is 9.99. The highest BCUT2D eigenvalue weighted by Gasteiger charge is 2.30. The maximum Gasteiger partial charge on any atom is 0.134 e. The third-order valence-electron chi connectivity index (χ3n) is 5.40. The molecule has 0 aliphatic carbocycles. The summed E-state index contributed by atoms with van der Waals surface area (Å²) in [6, 6.07) is 19.3. The molecule has 1 fully saturated rings. The van der Waals surface area contributed by atoms with Crippen molar-refractivity contribution < 1.29 is 4.42 Å². The minimum atomic E-state index is 0.180. The number of fused-ring (bicyclic) bond motifs is 2. The standard InChI is InChI=1S/C22H24N4O/c1-14-8-17-9-15(6-7-19(17)25-14)11-23-12-18-13-24-26-22(18)21-10-16-4-2-3-5-20(16)27-21/h2-10,18,22-26H,11-13H2,1H3. The van der Waals surface area contributed by atoms with E-state index in [1.165, 1.54) is 22.2 Å². The second-order valence-corrected chi connectivity index (χ2v) is 7.45. The molecule has 3 heterocycles. The third kappa shape index (κ3) is 3.25. The first-order valence-corrected chi connectivity index (χ1v) is 9.52. The first-order valence-electron chi connectivity index (χ1n) is 9.52. The topological polar surface area (TPSA) is 65.0 Å². The summed E-state index contributed by atoms with van der Waals surface area (Å²) in [6.07, 6.45) is 0. The number of hydrazine groups is 1. The molecule has 4 aromatic rings. The molecular weight excluding hydrogens is 336 g/mol. The monoisotopic (exact) mass is 360 g/mol. The first kappa shape index (κ1) is 16.6. The Balaban J connectivity index is 1.25. The summed E-state index contributed by atoms with van der Waals surface area (Å²) in [5.74, 6) is 1.43. The molecule has 0 spiro atoms. The fraction of sp³-hybridized carbons (Fsp3) is 0.273. The largest absolute Gasteiger partial charge is 0.459 e. The molecule has 138 valence electrons. The maximum atomic E-state index is 6.06. The quantitative estimate of drug-likeness (QED) is 0.437. The van der Waals surface area contributed by atoms with Gasteiger partial charge in [-0.05, 0) is 48.2 Å². The molecule has 0 bridgehead atoms. The first-order chi connectivity index (χ1) is 13.3. The van der Waals surface area contributed by atoms with Crippen molar-refractivity contribution in [3.05, 3.63) is 71.6 Å². The number of H-pyrrole nitrogens is 1. The highest BCUT2D eigenvalue weighted by molar-refractivity contribution is 5.81. The number of rotatable bonds is 5. The molecule has 2 aromatic heterocycles. The van der Waals surface area contributed by atoms with Crippen molar-refractivity contribution in [3.8, 4) is 0 Å². The number of aromatic nitrogens is 1. The van der Waals surface area contributed by atoms with Crippen molar-refractivity contribution >= 4 is 21.9 Å². The molecule has 5 heteroatoms. The Kier molecular flexibility index (Phi) is 4.20. The molecule has 5 nitrogen and oxygen atoms in total. The summed E-state index contributed by atoms with van der Waals surface area (Å²) in [6.45, 7) is 4.80. The molecule has 0 amide bonds. The van der Waals surface area contributed by atoms with Gasteiger partial charge in [-0.1, -0.05) is 24.3 Å². The SMILES string of the molecule is Cc1cc2cc(CNCC3CNNC3c3cc4ccccc4o3)ccc2[nH]1. The molecule has 2 unspecified atom stereocenters. The van der Waals surface area contributed by atoms with Gasteiger partial charge in [-0.15, -0.1) is 0 Å². The zero-order valence-corrected chi connectivity index (χ0v) is 15.4. The fourth-order valence-corrected chi connectivity index (χ4v) is 4.02. The van der Waals surface area contributed by atoms with Gasteiger partial charge < -0.3 is 14.7 Å². The summed E-state index contributed by atoms with van der Waals surface area (Å²) in [5, 5.41) is 6.05. The Morgan fingerprint density at radius 1 is 1.07 bits per heavy atom. The summed E-state index contributed by atoms with van der Waals surface area (Å²) in [5.41, 5.74) is 11.3. The Bertz CT molecular complexity index is 1050. The van der Waals surface area contributed by atoms with E-state index < -0.39 is 0 Å². The summed E-state index contributed by atoms with van der Waals surface area (Å²) >= 11 is 0. The number of benzene rings is 2. The van der Waals surface area contributed by atoms with E-state index in [0.29, 0.717) is 5.92 Å². The van der Waals surface area contributed by atoms with Gasteiger partial charge in [-0.2, -0.15) is 0 Å². The van der Waals surface area contributed by atoms with Crippen LogP contribution in [0.2, 0.25) is 0 Å². The number of nitrogens with one attached hydrogen (secondary N) is 4. The highest BCUT2D eigenvalue weighted by atomic mass is 16.3. The van der Waals surface area contributed by atoms with Crippen molar-refractivity contribution in [2.75, 3.05) is 13.1 Å². The summed E-state index contributed by atoms with van der Waals surface area (Å²) < 4.78 is 6.06. The second kappa shape index (κ2) is 6.85. The lowest BCUT2D eigenvalue weighted by Gasteiger charge is -2.17. The van der Waals surface area contributed by atoms with Crippen molar-refractivity contribution in [3.63, 3.8) is 0 Å². The van der Waals surface area contributed by atoms with E-state index in [-0.39, 0.29) is 6.04 Å². The van der Waals surface area contributed by atoms with Crippen LogP contribution in [0.1, 0.15) is 23.1 Å². The van der Waals surface area contributed by atoms with Crippen LogP contribution >= 0.6 is 0 Å². The molecule has 1 aliphatic rings. The Labute approximate surface area is 158 Å². The van der Waals surface area contributed by atoms with Gasteiger partial charge in [0.2, 0.25) is 0 Å². The normalized spacial score (nSPS) is 20.0. The van der Waals surface area contributed by atoms with Crippen LogP contribution in [-0.2, 0) is 6.54 Å². The van der Waals surface area contributed by atoms with E-state index in [1.807, 2.05) is 18.2 Å². The van der Waals surface area contributed by atoms with Gasteiger partial charge in [0.15, 0.2) is 0 Å². The maximum absolute atomic E-state index is 6.06. The van der Waals surface area contributed by atoms with Gasteiger partial charge in [0.25, 0.3) is 0 Å². The molecule has 2 atom stereocenters. The smallest absolute Gasteiger partial charge is 0.134 e. The van der Waals surface area contributed by atoms with Gasteiger partial charge in [-0.3, -0.25) is 5.43 Å². The van der Waals surface area contributed by atoms with Gasteiger partial charge in [0, 0.05) is 42.1 Å². The van der Waals surface area contributed by atoms with E-state index in [9.17, 15) is 0 Å². The van der Waals surface area contributed by atoms with Crippen LogP contribution in [0.4, 0.5) is 0 Å². The van der Waals surface area contributed by atoms with Crippen LogP contribution in [0, 0.1) is 12.8 Å². The average Bonchev–Trinajstić information content (AvgIpc) is 3.37. The Morgan fingerprint density at radius 3 is 2.93 bits per heavy atom. The molecule has 1 saturated heterocycles. The van der Waals surface area contributed by atoms with Crippen molar-refractivity contribution in [1.29, 1.82) is 0 Å². The Morgan fingerprint density at radius 2 is 2.00 bits per heavy atom. The molecule has 2 aromatic carbocycles. The molecule has 4 N–H and O–H groups in total. The lowest BCUT2D eigenvalue weighted by Crippen LogP contribution is -2.28. The molecule has 1 aliphatic heterocycles. The predicted octanol–water partition coefficient (Wildman–Crippen LogP) is 3.78. The van der Waals surface area contributed by atoms with Gasteiger partial charge in [0.1, 0.15) is 11.3 Å². The number of para-hydroxylation sites is 1. The molecule has 27 heavy (non-hydrogen) atoms. The second-order valence-electron chi connectivity index (χ2n) is 7.45. The van der Waals surface area contributed by atoms with E-state index in [2.05, 4.69) is 64.5 Å². The highest BCUT2D eigenvalue weighted by Crippen LogP contribution is 2.29. The third-order valence-corrected chi connectivity index (χ3v) is 5.40. The molecule has 0 radical (unpaired) electrons. The summed E-state index contributed by atoms with van der Waals surface area (Å²) in [7, 11) is 0. The van der Waals surface area contributed by atoms with Crippen LogP contribution in [0.15, 0.2) is 59.0 Å². The van der Waals surface area contributed by atoms with E-state index in [1.54, 1.807) is 0 Å². The van der Waals surface area contributed by atoms with Gasteiger partial charge in [-0.25, -0.2) is 5.43 Å². The minimum Gasteiger partial charge on any atom is -0.459 e. The zero-order valence-electron chi connectivity index (χ0n) is 15.4. The van der Waals surface area contributed by atoms with Crippen LogP contribution in [0.5, 0.6) is 0 Å². The van der Waals surface area contributed by atoms with Crippen LogP contribution in [0.25, 0.3) is 21.9 Å². The fourth-order valence-electron chi connectivity index (χ4n) is 4.02. The van der Waals surface area contributed by atoms with E-state index in [0.717, 1.165) is 36.4 Å². The van der Waals surface area contributed by atoms with Crippen LogP contribution in [-0.4, -0.2) is 18.1 Å². The zero-order chi connectivity index (χ0) is 18.2. The minimum absolute atomic E-state index is 0.180. The van der Waals surface area contributed by atoms with Crippen molar-refractivity contribution in [2.45, 2.75) is 19.5 Å². The molecular formula is C22H24N4O. The van der Waals surface area contributed by atoms with Crippen molar-refractivity contribution in [1.82, 2.24) is 21.2 Å². The average molecular weight is 360 g/mol. The number of hydrogen-bond acceptors (Lipinski definition) is 4. The molecule has 5 rings (SSSR count). The van der Waals surface area contributed by atoms with Crippen molar-refractivity contribution in [2.24, 2.45) is 5.92 Å². The lowest BCUT2D eigenvalue weighted by molar-refractivity contribution is 0.378. The van der Waals surface area contributed by atoms with E-state index in [4.69, 9.17) is 4.42 Å². The van der Waals surface area contributed by atoms with Gasteiger partial charge in [0.05, 0.1) is 6.04 Å². The van der Waals surface area contributed by atoms with Crippen LogP contribution in [0.3, 0.4) is 0 Å². The summed E-state index contributed by atoms with van der Waals surface area (Å²) in [4.78, 5) is 3.37.